The van der Waals surface area contributed by atoms with Gasteiger partial charge in [0, 0.05) is 23.8 Å². The number of hydrogen-bond donors (Lipinski definition) is 1. The average Bonchev–Trinajstić information content (AvgIpc) is 3.37. The van der Waals surface area contributed by atoms with Crippen molar-refractivity contribution in [3.8, 4) is 22.0 Å². The van der Waals surface area contributed by atoms with Crippen LogP contribution in [0.1, 0.15) is 18.5 Å². The monoisotopic (exact) mass is 492 g/mol. The molecule has 178 valence electrons. The molecule has 36 heavy (non-hydrogen) atoms. The van der Waals surface area contributed by atoms with Crippen LogP contribution in [0.3, 0.4) is 0 Å². The third-order valence-electron chi connectivity index (χ3n) is 6.27. The summed E-state index contributed by atoms with van der Waals surface area (Å²) in [6.07, 6.45) is 5.16. The minimum absolute atomic E-state index is 0.0663. The molecule has 0 radical (unpaired) electrons. The normalized spacial score (nSPS) is 15.8. The third-order valence-corrected chi connectivity index (χ3v) is 7.34. The maximum absolute atomic E-state index is 13.4. The molecule has 1 aromatic carbocycles. The summed E-state index contributed by atoms with van der Waals surface area (Å²) in [5, 5.41) is 4.39. The molecular weight excluding hydrogens is 468 g/mol. The number of aromatic nitrogens is 4. The van der Waals surface area contributed by atoms with E-state index >= 15 is 0 Å². The first-order valence-electron chi connectivity index (χ1n) is 12.0. The lowest BCUT2D eigenvalue weighted by Gasteiger charge is -2.32. The summed E-state index contributed by atoms with van der Waals surface area (Å²) >= 11 is 1.62. The van der Waals surface area contributed by atoms with Crippen LogP contribution in [0, 0.1) is 0 Å². The van der Waals surface area contributed by atoms with E-state index in [9.17, 15) is 4.79 Å². The summed E-state index contributed by atoms with van der Waals surface area (Å²) < 4.78 is 0. The maximum Gasteiger partial charge on any atom is 0.245 e. The van der Waals surface area contributed by atoms with Crippen molar-refractivity contribution < 1.29 is 4.79 Å². The molecule has 8 heteroatoms. The second-order valence-corrected chi connectivity index (χ2v) is 9.76. The van der Waals surface area contributed by atoms with E-state index in [1.54, 1.807) is 23.7 Å². The number of fused-ring (bicyclic) bond motifs is 1. The Labute approximate surface area is 212 Å². The van der Waals surface area contributed by atoms with E-state index in [4.69, 9.17) is 9.97 Å². The number of carbonyl (C=O) groups excluding carboxylic acids is 1. The largest absolute Gasteiger partial charge is 0.358 e. The van der Waals surface area contributed by atoms with Crippen molar-refractivity contribution in [2.24, 2.45) is 0 Å². The maximum atomic E-state index is 13.4. The van der Waals surface area contributed by atoms with Gasteiger partial charge in [0.25, 0.3) is 0 Å². The van der Waals surface area contributed by atoms with E-state index in [2.05, 4.69) is 33.5 Å². The van der Waals surface area contributed by atoms with Crippen LogP contribution < -0.4 is 5.32 Å². The highest BCUT2D eigenvalue weighted by atomic mass is 32.1. The molecule has 1 saturated heterocycles. The van der Waals surface area contributed by atoms with E-state index in [0.29, 0.717) is 23.9 Å². The molecule has 5 aromatic rings. The molecule has 1 aliphatic rings. The number of likely N-dealkylation sites (tertiary alicyclic amines) is 1. The SMILES string of the molecule is O=C1C(Nc2nc(-c3ccccn3)nc3sc(-c4ccccc4)cc23)CCCN1Cc1ccccn1. The Balaban J connectivity index is 1.36. The number of thiophene rings is 1. The second kappa shape index (κ2) is 9.83. The van der Waals surface area contributed by atoms with Crippen molar-refractivity contribution in [2.75, 3.05) is 11.9 Å². The first-order chi connectivity index (χ1) is 17.7. The van der Waals surface area contributed by atoms with E-state index in [-0.39, 0.29) is 11.9 Å². The molecule has 1 unspecified atom stereocenters. The summed E-state index contributed by atoms with van der Waals surface area (Å²) in [5.74, 6) is 1.27. The molecule has 4 aromatic heterocycles. The van der Waals surface area contributed by atoms with Crippen LogP contribution in [0.15, 0.2) is 85.2 Å². The van der Waals surface area contributed by atoms with Crippen molar-refractivity contribution in [3.05, 3.63) is 90.9 Å². The number of benzene rings is 1. The van der Waals surface area contributed by atoms with Gasteiger partial charge < -0.3 is 10.2 Å². The topological polar surface area (TPSA) is 83.9 Å². The van der Waals surface area contributed by atoms with Gasteiger partial charge in [0.1, 0.15) is 22.4 Å². The fourth-order valence-electron chi connectivity index (χ4n) is 4.47. The van der Waals surface area contributed by atoms with Crippen molar-refractivity contribution in [2.45, 2.75) is 25.4 Å². The van der Waals surface area contributed by atoms with Gasteiger partial charge in [-0.1, -0.05) is 42.5 Å². The van der Waals surface area contributed by atoms with Gasteiger partial charge in [-0.25, -0.2) is 9.97 Å². The highest BCUT2D eigenvalue weighted by Gasteiger charge is 2.30. The molecule has 7 nitrogen and oxygen atoms in total. The smallest absolute Gasteiger partial charge is 0.245 e. The lowest BCUT2D eigenvalue weighted by atomic mass is 10.0. The van der Waals surface area contributed by atoms with Crippen LogP contribution in [0.25, 0.3) is 32.2 Å². The van der Waals surface area contributed by atoms with Crippen LogP contribution in [0.4, 0.5) is 5.82 Å². The molecule has 1 amide bonds. The zero-order valence-electron chi connectivity index (χ0n) is 19.5. The minimum atomic E-state index is -0.364. The van der Waals surface area contributed by atoms with Crippen LogP contribution in [0.2, 0.25) is 0 Å². The number of nitrogens with zero attached hydrogens (tertiary/aromatic N) is 5. The highest BCUT2D eigenvalue weighted by Crippen LogP contribution is 2.37. The number of carbonyl (C=O) groups is 1. The van der Waals surface area contributed by atoms with Crippen molar-refractivity contribution >= 4 is 33.3 Å². The fraction of sp³-hybridized carbons (Fsp3) is 0.179. The Hall–Kier alpha value is -4.17. The van der Waals surface area contributed by atoms with Crippen molar-refractivity contribution in [1.29, 1.82) is 0 Å². The van der Waals surface area contributed by atoms with Gasteiger partial charge in [0.05, 0.1) is 17.6 Å². The number of pyridine rings is 2. The highest BCUT2D eigenvalue weighted by molar-refractivity contribution is 7.22. The van der Waals surface area contributed by atoms with Gasteiger partial charge in [0.15, 0.2) is 5.82 Å². The van der Waals surface area contributed by atoms with Crippen LogP contribution in [-0.4, -0.2) is 43.3 Å². The van der Waals surface area contributed by atoms with E-state index in [0.717, 1.165) is 45.7 Å². The Morgan fingerprint density at radius 2 is 1.75 bits per heavy atom. The predicted octanol–water partition coefficient (Wildman–Crippen LogP) is 5.42. The van der Waals surface area contributed by atoms with E-state index in [1.807, 2.05) is 59.5 Å². The van der Waals surface area contributed by atoms with Gasteiger partial charge in [-0.15, -0.1) is 11.3 Å². The Bertz CT molecular complexity index is 1490. The van der Waals surface area contributed by atoms with Gasteiger partial charge in [-0.3, -0.25) is 14.8 Å². The molecular formula is C28H24N6OS. The summed E-state index contributed by atoms with van der Waals surface area (Å²) in [6.45, 7) is 1.23. The quantitative estimate of drug-likeness (QED) is 0.341. The van der Waals surface area contributed by atoms with Crippen LogP contribution >= 0.6 is 11.3 Å². The van der Waals surface area contributed by atoms with Crippen LogP contribution in [-0.2, 0) is 11.3 Å². The Kier molecular flexibility index (Phi) is 6.09. The van der Waals surface area contributed by atoms with Gasteiger partial charge in [-0.05, 0) is 48.7 Å². The summed E-state index contributed by atoms with van der Waals surface area (Å²) in [4.78, 5) is 35.8. The van der Waals surface area contributed by atoms with E-state index < -0.39 is 0 Å². The van der Waals surface area contributed by atoms with Gasteiger partial charge >= 0.3 is 0 Å². The van der Waals surface area contributed by atoms with Crippen LogP contribution in [0.5, 0.6) is 0 Å². The second-order valence-electron chi connectivity index (χ2n) is 8.73. The lowest BCUT2D eigenvalue weighted by molar-refractivity contribution is -0.134. The third kappa shape index (κ3) is 4.55. The molecule has 0 aliphatic carbocycles. The first-order valence-corrected chi connectivity index (χ1v) is 12.8. The van der Waals surface area contributed by atoms with Crippen molar-refractivity contribution in [1.82, 2.24) is 24.8 Å². The molecule has 1 atom stereocenters. The molecule has 6 rings (SSSR count). The van der Waals surface area contributed by atoms with Gasteiger partial charge in [0.2, 0.25) is 5.91 Å². The fourth-order valence-corrected chi connectivity index (χ4v) is 5.51. The van der Waals surface area contributed by atoms with Gasteiger partial charge in [-0.2, -0.15) is 0 Å². The number of piperidine rings is 1. The first kappa shape index (κ1) is 22.3. The number of anilines is 1. The Morgan fingerprint density at radius 1 is 0.944 bits per heavy atom. The predicted molar refractivity (Wildman–Crippen MR) is 142 cm³/mol. The van der Waals surface area contributed by atoms with E-state index in [1.165, 1.54) is 0 Å². The molecule has 1 N–H and O–H groups in total. The number of amides is 1. The van der Waals surface area contributed by atoms with Crippen molar-refractivity contribution in [3.63, 3.8) is 0 Å². The summed E-state index contributed by atoms with van der Waals surface area (Å²) in [7, 11) is 0. The zero-order chi connectivity index (χ0) is 24.3. The average molecular weight is 493 g/mol. The number of nitrogens with one attached hydrogen (secondary N) is 1. The molecule has 1 fully saturated rings. The minimum Gasteiger partial charge on any atom is -0.358 e. The molecule has 5 heterocycles. The summed E-state index contributed by atoms with van der Waals surface area (Å²) in [6, 6.07) is 23.5. The molecule has 1 aliphatic heterocycles. The number of rotatable bonds is 6. The summed E-state index contributed by atoms with van der Waals surface area (Å²) in [5.41, 5.74) is 2.71. The number of hydrogen-bond acceptors (Lipinski definition) is 7. The molecule has 0 bridgehead atoms. The lowest BCUT2D eigenvalue weighted by Crippen LogP contribution is -2.47. The molecule has 0 saturated carbocycles. The standard InChI is InChI=1S/C28H24N6OS/c35-28-23(13-8-16-34(28)18-20-11-4-6-14-29-20)31-25-21-17-24(19-9-2-1-3-10-19)36-27(21)33-26(32-25)22-12-5-7-15-30-22/h1-7,9-12,14-15,17,23H,8,13,16,18H2,(H,31,32,33). The Morgan fingerprint density at radius 3 is 2.53 bits per heavy atom. The zero-order valence-corrected chi connectivity index (χ0v) is 20.4. The molecule has 0 spiro atoms.